The second kappa shape index (κ2) is 11.9. The van der Waals surface area contributed by atoms with Gasteiger partial charge in [-0.1, -0.05) is 147 Å². The molecule has 0 saturated carbocycles. The second-order valence-electron chi connectivity index (χ2n) is 9.91. The normalized spacial score (nSPS) is 12.2. The van der Waals surface area contributed by atoms with E-state index in [0.29, 0.717) is 5.92 Å². The lowest BCUT2D eigenvalue weighted by molar-refractivity contribution is 0.515. The maximum atomic E-state index is 7.62. The highest BCUT2D eigenvalue weighted by Crippen LogP contribution is 2.31. The first-order chi connectivity index (χ1) is 17.5. The van der Waals surface area contributed by atoms with Crippen LogP contribution in [0.25, 0.3) is 5.76 Å². The Labute approximate surface area is 217 Å². The van der Waals surface area contributed by atoms with E-state index in [4.69, 9.17) is 4.43 Å². The number of allylic oxidation sites excluding steroid dienone is 2. The maximum absolute atomic E-state index is 7.62. The van der Waals surface area contributed by atoms with Crippen molar-refractivity contribution in [1.29, 1.82) is 0 Å². The molecule has 4 rings (SSSR count). The van der Waals surface area contributed by atoms with Crippen molar-refractivity contribution in [3.8, 4) is 0 Å². The summed E-state index contributed by atoms with van der Waals surface area (Å²) in [5.41, 5.74) is 3.58. The van der Waals surface area contributed by atoms with Gasteiger partial charge in [-0.2, -0.15) is 0 Å². The van der Waals surface area contributed by atoms with Crippen molar-refractivity contribution < 1.29 is 4.43 Å². The van der Waals surface area contributed by atoms with Gasteiger partial charge in [0.15, 0.2) is 0 Å². The van der Waals surface area contributed by atoms with Crippen LogP contribution in [0.3, 0.4) is 0 Å². The summed E-state index contributed by atoms with van der Waals surface area (Å²) in [4.78, 5) is 0. The number of benzene rings is 4. The van der Waals surface area contributed by atoms with Crippen molar-refractivity contribution in [1.82, 2.24) is 0 Å². The minimum absolute atomic E-state index is 0.503. The van der Waals surface area contributed by atoms with E-state index in [-0.39, 0.29) is 0 Å². The molecule has 0 fully saturated rings. The molecule has 36 heavy (non-hydrogen) atoms. The lowest BCUT2D eigenvalue weighted by atomic mass is 9.94. The van der Waals surface area contributed by atoms with Crippen LogP contribution in [0.4, 0.5) is 0 Å². The van der Waals surface area contributed by atoms with Crippen LogP contribution in [0.1, 0.15) is 39.2 Å². The molecule has 0 spiro atoms. The highest BCUT2D eigenvalue weighted by molar-refractivity contribution is 7.07. The zero-order valence-electron chi connectivity index (χ0n) is 21.7. The molecular formula is C34H36OSi. The summed E-state index contributed by atoms with van der Waals surface area (Å²) in [5, 5.41) is 3.69. The third-order valence-electron chi connectivity index (χ3n) is 6.32. The van der Waals surface area contributed by atoms with Crippen molar-refractivity contribution in [2.24, 2.45) is 5.92 Å². The van der Waals surface area contributed by atoms with Crippen LogP contribution in [0.2, 0.25) is 0 Å². The quantitative estimate of drug-likeness (QED) is 0.100. The first-order valence-corrected chi connectivity index (χ1v) is 14.7. The van der Waals surface area contributed by atoms with Crippen LogP contribution in [-0.2, 0) is 4.43 Å². The molecule has 0 aliphatic carbocycles. The van der Waals surface area contributed by atoms with E-state index >= 15 is 0 Å². The van der Waals surface area contributed by atoms with Gasteiger partial charge in [-0.15, -0.1) is 0 Å². The van der Waals surface area contributed by atoms with Gasteiger partial charge < -0.3 is 4.43 Å². The summed E-state index contributed by atoms with van der Waals surface area (Å²) in [7, 11) is -2.92. The Hall–Kier alpha value is -3.62. The molecule has 182 valence electrons. The molecule has 0 heterocycles. The molecule has 0 aliphatic rings. The van der Waals surface area contributed by atoms with Crippen molar-refractivity contribution >= 4 is 29.6 Å². The molecule has 0 atom stereocenters. The highest BCUT2D eigenvalue weighted by Gasteiger charge is 2.44. The van der Waals surface area contributed by atoms with Gasteiger partial charge in [0.2, 0.25) is 0 Å². The molecule has 0 aliphatic heterocycles. The maximum Gasteiger partial charge on any atom is 0.346 e. The van der Waals surface area contributed by atoms with Gasteiger partial charge in [0.1, 0.15) is 5.76 Å². The molecular weight excluding hydrogens is 452 g/mol. The Balaban J connectivity index is 2.06. The summed E-state index contributed by atoms with van der Waals surface area (Å²) in [5.74, 6) is 1.50. The van der Waals surface area contributed by atoms with E-state index in [2.05, 4.69) is 149 Å². The molecule has 0 aromatic heterocycles. The first kappa shape index (κ1) is 25.5. The monoisotopic (exact) mass is 488 g/mol. The van der Waals surface area contributed by atoms with Gasteiger partial charge in [0.25, 0.3) is 0 Å². The third kappa shape index (κ3) is 5.77. The van der Waals surface area contributed by atoms with Crippen LogP contribution < -0.4 is 15.6 Å². The largest absolute Gasteiger partial charge is 0.530 e. The Morgan fingerprint density at radius 2 is 1.06 bits per heavy atom. The van der Waals surface area contributed by atoms with Gasteiger partial charge in [-0.25, -0.2) is 0 Å². The Morgan fingerprint density at radius 3 is 1.42 bits per heavy atom. The van der Waals surface area contributed by atoms with Gasteiger partial charge in [-0.3, -0.25) is 0 Å². The fourth-order valence-electron chi connectivity index (χ4n) is 4.88. The van der Waals surface area contributed by atoms with Crippen LogP contribution in [0.15, 0.2) is 139 Å². The lowest BCUT2D eigenvalue weighted by Crippen LogP contribution is -2.69. The van der Waals surface area contributed by atoms with Crippen LogP contribution in [-0.4, -0.2) is 8.32 Å². The summed E-state index contributed by atoms with van der Waals surface area (Å²) < 4.78 is 7.62. The molecule has 4 aromatic rings. The number of hydrogen-bond acceptors (Lipinski definition) is 1. The average molecular weight is 489 g/mol. The van der Waals surface area contributed by atoms with Gasteiger partial charge in [0.05, 0.1) is 0 Å². The first-order valence-electron chi connectivity index (χ1n) is 12.8. The summed E-state index contributed by atoms with van der Waals surface area (Å²) in [6.07, 6.45) is 1.78. The van der Waals surface area contributed by atoms with Crippen LogP contribution >= 0.6 is 0 Å². The minimum atomic E-state index is -2.92. The predicted octanol–water partition coefficient (Wildman–Crippen LogP) is 7.09. The predicted molar refractivity (Wildman–Crippen MR) is 157 cm³/mol. The lowest BCUT2D eigenvalue weighted by Gasteiger charge is -2.36. The molecule has 0 saturated heterocycles. The van der Waals surface area contributed by atoms with Gasteiger partial charge >= 0.3 is 8.32 Å². The van der Waals surface area contributed by atoms with Crippen LogP contribution in [0.5, 0.6) is 0 Å². The van der Waals surface area contributed by atoms with E-state index in [1.54, 1.807) is 0 Å². The minimum Gasteiger partial charge on any atom is -0.530 e. The zero-order chi connectivity index (χ0) is 25.4. The molecule has 0 N–H and O–H groups in total. The molecule has 0 amide bonds. The summed E-state index contributed by atoms with van der Waals surface area (Å²) in [6, 6.07) is 43.0. The Bertz CT molecular complexity index is 1180. The molecule has 1 nitrogen and oxygen atoms in total. The number of rotatable bonds is 10. The highest BCUT2D eigenvalue weighted by atomic mass is 28.4. The fourth-order valence-corrected chi connectivity index (χ4v) is 8.78. The molecule has 0 bridgehead atoms. The van der Waals surface area contributed by atoms with Gasteiger partial charge in [-0.05, 0) is 46.8 Å². The second-order valence-corrected chi connectivity index (χ2v) is 13.2. The Kier molecular flexibility index (Phi) is 8.40. The van der Waals surface area contributed by atoms with Crippen molar-refractivity contribution in [2.45, 2.75) is 33.6 Å². The van der Waals surface area contributed by atoms with E-state index < -0.39 is 8.32 Å². The van der Waals surface area contributed by atoms with E-state index in [1.165, 1.54) is 21.1 Å². The van der Waals surface area contributed by atoms with Gasteiger partial charge in [0, 0.05) is 5.56 Å². The standard InChI is InChI=1S/C34H36OSi/c1-27(2)25-30(26-28(3)4)34(29-17-9-5-10-18-29)35-36(31-19-11-6-12-20-31,32-21-13-7-14-22-32)33-23-15-8-16-24-33/h5-24,28H,1,25-26H2,2-4H3/b34-30-. The average Bonchev–Trinajstić information content (AvgIpc) is 2.91. The van der Waals surface area contributed by atoms with Crippen LogP contribution in [0, 0.1) is 5.92 Å². The zero-order valence-corrected chi connectivity index (χ0v) is 22.7. The van der Waals surface area contributed by atoms with Crippen molar-refractivity contribution in [3.63, 3.8) is 0 Å². The van der Waals surface area contributed by atoms with Crippen molar-refractivity contribution in [2.75, 3.05) is 0 Å². The van der Waals surface area contributed by atoms with E-state index in [9.17, 15) is 0 Å². The van der Waals surface area contributed by atoms with E-state index in [0.717, 1.165) is 29.7 Å². The molecule has 2 heteroatoms. The summed E-state index contributed by atoms with van der Waals surface area (Å²) in [6.45, 7) is 10.9. The fraction of sp³-hybridized carbons (Fsp3) is 0.176. The smallest absolute Gasteiger partial charge is 0.346 e. The SMILES string of the molecule is C=C(C)C/C(CC(C)C)=C(/O[Si](c1ccccc1)(c1ccccc1)c1ccccc1)c1ccccc1. The summed E-state index contributed by atoms with van der Waals surface area (Å²) >= 11 is 0. The molecule has 4 aromatic carbocycles. The van der Waals surface area contributed by atoms with E-state index in [1.807, 2.05) is 0 Å². The molecule has 0 unspecified atom stereocenters. The van der Waals surface area contributed by atoms with Crippen molar-refractivity contribution in [3.05, 3.63) is 145 Å². The Morgan fingerprint density at radius 1 is 0.667 bits per heavy atom. The topological polar surface area (TPSA) is 9.23 Å². The molecule has 0 radical (unpaired) electrons. The third-order valence-corrected chi connectivity index (χ3v) is 10.3. The number of hydrogen-bond donors (Lipinski definition) is 0.